The number of anilines is 1. The Labute approximate surface area is 134 Å². The average molecular weight is 308 g/mol. The minimum absolute atomic E-state index is 0.185. The van der Waals surface area contributed by atoms with Crippen molar-refractivity contribution in [3.8, 4) is 0 Å². The summed E-state index contributed by atoms with van der Waals surface area (Å²) < 4.78 is 0. The fraction of sp³-hybridized carbons (Fsp3) is 0. The van der Waals surface area contributed by atoms with Crippen LogP contribution in [0.25, 0.3) is 16.8 Å². The lowest BCUT2D eigenvalue weighted by molar-refractivity contribution is -0.111. The Balaban J connectivity index is 1.74. The van der Waals surface area contributed by atoms with Crippen LogP contribution in [0.4, 0.5) is 5.69 Å². The number of fused-ring (bicyclic) bond motifs is 1. The number of benzene rings is 3. The van der Waals surface area contributed by atoms with Gasteiger partial charge in [0, 0.05) is 16.8 Å². The molecule has 3 aromatic carbocycles. The van der Waals surface area contributed by atoms with Gasteiger partial charge in [-0.05, 0) is 40.6 Å². The standard InChI is InChI=1S/C19H14ClNO/c20-18-8-4-3-6-15(18)10-12-19(22)21-17-11-9-14-5-1-2-7-16(14)13-17/h1-13H,(H,21,22)/b12-10-. The first-order valence-electron chi connectivity index (χ1n) is 6.95. The highest BCUT2D eigenvalue weighted by atomic mass is 35.5. The second kappa shape index (κ2) is 6.46. The van der Waals surface area contributed by atoms with Crippen LogP contribution in [0, 0.1) is 0 Å². The number of carbonyl (C=O) groups is 1. The molecule has 0 aliphatic rings. The van der Waals surface area contributed by atoms with Gasteiger partial charge in [-0.15, -0.1) is 0 Å². The van der Waals surface area contributed by atoms with Crippen molar-refractivity contribution in [1.29, 1.82) is 0 Å². The van der Waals surface area contributed by atoms with Crippen molar-refractivity contribution in [3.05, 3.63) is 83.4 Å². The molecule has 3 rings (SSSR count). The second-order valence-electron chi connectivity index (χ2n) is 4.91. The molecule has 0 spiro atoms. The Morgan fingerprint density at radius 1 is 0.909 bits per heavy atom. The summed E-state index contributed by atoms with van der Waals surface area (Å²) in [5, 5.41) is 5.72. The number of hydrogen-bond acceptors (Lipinski definition) is 1. The van der Waals surface area contributed by atoms with Gasteiger partial charge in [0.15, 0.2) is 0 Å². The number of hydrogen-bond donors (Lipinski definition) is 1. The van der Waals surface area contributed by atoms with Gasteiger partial charge < -0.3 is 5.32 Å². The molecule has 0 radical (unpaired) electrons. The van der Waals surface area contributed by atoms with Gasteiger partial charge in [0.2, 0.25) is 5.91 Å². The first-order chi connectivity index (χ1) is 10.7. The normalized spacial score (nSPS) is 11.0. The highest BCUT2D eigenvalue weighted by Crippen LogP contribution is 2.19. The number of nitrogens with one attached hydrogen (secondary N) is 1. The van der Waals surface area contributed by atoms with E-state index in [0.717, 1.165) is 22.0 Å². The molecule has 1 amide bonds. The summed E-state index contributed by atoms with van der Waals surface area (Å²) in [5.74, 6) is -0.185. The van der Waals surface area contributed by atoms with Crippen LogP contribution in [0.2, 0.25) is 5.02 Å². The van der Waals surface area contributed by atoms with Gasteiger partial charge in [-0.2, -0.15) is 0 Å². The maximum Gasteiger partial charge on any atom is 0.248 e. The highest BCUT2D eigenvalue weighted by molar-refractivity contribution is 6.32. The topological polar surface area (TPSA) is 29.1 Å². The van der Waals surface area contributed by atoms with Gasteiger partial charge in [0.1, 0.15) is 0 Å². The van der Waals surface area contributed by atoms with E-state index in [0.29, 0.717) is 5.02 Å². The van der Waals surface area contributed by atoms with Crippen LogP contribution in [-0.4, -0.2) is 5.91 Å². The van der Waals surface area contributed by atoms with E-state index in [9.17, 15) is 4.79 Å². The van der Waals surface area contributed by atoms with Crippen LogP contribution in [-0.2, 0) is 4.79 Å². The lowest BCUT2D eigenvalue weighted by Crippen LogP contribution is -2.07. The van der Waals surface area contributed by atoms with Crippen molar-refractivity contribution in [2.24, 2.45) is 0 Å². The first-order valence-corrected chi connectivity index (χ1v) is 7.32. The molecule has 0 fully saturated rings. The fourth-order valence-electron chi connectivity index (χ4n) is 2.23. The Morgan fingerprint density at radius 2 is 1.64 bits per heavy atom. The monoisotopic (exact) mass is 307 g/mol. The molecule has 0 unspecified atom stereocenters. The molecule has 3 aromatic rings. The molecule has 1 N–H and O–H groups in total. The molecule has 0 aromatic heterocycles. The molecule has 108 valence electrons. The molecule has 3 heteroatoms. The molecule has 0 aliphatic carbocycles. The predicted molar refractivity (Wildman–Crippen MR) is 93.1 cm³/mol. The van der Waals surface area contributed by atoms with Crippen LogP contribution in [0.3, 0.4) is 0 Å². The molecule has 0 aliphatic heterocycles. The van der Waals surface area contributed by atoms with Crippen LogP contribution >= 0.6 is 11.6 Å². The van der Waals surface area contributed by atoms with E-state index < -0.39 is 0 Å². The zero-order valence-electron chi connectivity index (χ0n) is 11.8. The summed E-state index contributed by atoms with van der Waals surface area (Å²) in [7, 11) is 0. The molecule has 0 atom stereocenters. The SMILES string of the molecule is O=C(/C=C\c1ccccc1Cl)Nc1ccc2ccccc2c1. The minimum Gasteiger partial charge on any atom is -0.322 e. The minimum atomic E-state index is -0.185. The van der Waals surface area contributed by atoms with E-state index in [4.69, 9.17) is 11.6 Å². The van der Waals surface area contributed by atoms with E-state index in [1.54, 1.807) is 12.1 Å². The molecular weight excluding hydrogens is 294 g/mol. The van der Waals surface area contributed by atoms with Crippen LogP contribution in [0.5, 0.6) is 0 Å². The molecule has 0 heterocycles. The molecule has 0 saturated heterocycles. The van der Waals surface area contributed by atoms with Gasteiger partial charge in [-0.1, -0.05) is 60.1 Å². The molecule has 22 heavy (non-hydrogen) atoms. The van der Waals surface area contributed by atoms with Crippen molar-refractivity contribution in [3.63, 3.8) is 0 Å². The van der Waals surface area contributed by atoms with Crippen molar-refractivity contribution in [1.82, 2.24) is 0 Å². The van der Waals surface area contributed by atoms with Gasteiger partial charge in [-0.25, -0.2) is 0 Å². The number of carbonyl (C=O) groups excluding carboxylic acids is 1. The quantitative estimate of drug-likeness (QED) is 0.666. The molecule has 0 saturated carbocycles. The highest BCUT2D eigenvalue weighted by Gasteiger charge is 2.00. The molecule has 0 bridgehead atoms. The van der Waals surface area contributed by atoms with E-state index in [1.807, 2.05) is 60.7 Å². The van der Waals surface area contributed by atoms with Crippen molar-refractivity contribution < 1.29 is 4.79 Å². The van der Waals surface area contributed by atoms with Crippen molar-refractivity contribution in [2.45, 2.75) is 0 Å². The van der Waals surface area contributed by atoms with Crippen LogP contribution < -0.4 is 5.32 Å². The number of amides is 1. The largest absolute Gasteiger partial charge is 0.322 e. The first kappa shape index (κ1) is 14.4. The third-order valence-corrected chi connectivity index (χ3v) is 3.68. The lowest BCUT2D eigenvalue weighted by atomic mass is 10.1. The Morgan fingerprint density at radius 3 is 2.45 bits per heavy atom. The Hall–Kier alpha value is -2.58. The maximum atomic E-state index is 12.0. The zero-order chi connectivity index (χ0) is 15.4. The second-order valence-corrected chi connectivity index (χ2v) is 5.31. The van der Waals surface area contributed by atoms with Gasteiger partial charge >= 0.3 is 0 Å². The smallest absolute Gasteiger partial charge is 0.248 e. The summed E-state index contributed by atoms with van der Waals surface area (Å²) in [6.45, 7) is 0. The summed E-state index contributed by atoms with van der Waals surface area (Å²) in [6, 6.07) is 21.3. The third-order valence-electron chi connectivity index (χ3n) is 3.34. The maximum absolute atomic E-state index is 12.0. The van der Waals surface area contributed by atoms with Crippen molar-refractivity contribution >= 4 is 40.0 Å². The Kier molecular flexibility index (Phi) is 4.22. The Bertz CT molecular complexity index is 855. The molecule has 2 nitrogen and oxygen atoms in total. The summed E-state index contributed by atoms with van der Waals surface area (Å²) >= 11 is 6.05. The third kappa shape index (κ3) is 3.35. The summed E-state index contributed by atoms with van der Waals surface area (Å²) in [4.78, 5) is 12.0. The van der Waals surface area contributed by atoms with Gasteiger partial charge in [0.05, 0.1) is 0 Å². The van der Waals surface area contributed by atoms with Crippen LogP contribution in [0.1, 0.15) is 5.56 Å². The lowest BCUT2D eigenvalue weighted by Gasteiger charge is -2.04. The van der Waals surface area contributed by atoms with Crippen LogP contribution in [0.15, 0.2) is 72.8 Å². The number of rotatable bonds is 3. The molecular formula is C19H14ClNO. The van der Waals surface area contributed by atoms with E-state index in [1.165, 1.54) is 6.08 Å². The van der Waals surface area contributed by atoms with E-state index >= 15 is 0 Å². The van der Waals surface area contributed by atoms with Crippen molar-refractivity contribution in [2.75, 3.05) is 5.32 Å². The van der Waals surface area contributed by atoms with E-state index in [2.05, 4.69) is 5.32 Å². The van der Waals surface area contributed by atoms with E-state index in [-0.39, 0.29) is 5.91 Å². The average Bonchev–Trinajstić information content (AvgIpc) is 2.54. The summed E-state index contributed by atoms with van der Waals surface area (Å²) in [5.41, 5.74) is 1.59. The van der Waals surface area contributed by atoms with Gasteiger partial charge in [0.25, 0.3) is 0 Å². The fourth-order valence-corrected chi connectivity index (χ4v) is 2.43. The van der Waals surface area contributed by atoms with Gasteiger partial charge in [-0.3, -0.25) is 4.79 Å². The zero-order valence-corrected chi connectivity index (χ0v) is 12.5. The summed E-state index contributed by atoms with van der Waals surface area (Å²) in [6.07, 6.45) is 3.19. The predicted octanol–water partition coefficient (Wildman–Crippen LogP) is 5.15. The number of halogens is 1.